The van der Waals surface area contributed by atoms with Gasteiger partial charge in [0.05, 0.1) is 0 Å². The van der Waals surface area contributed by atoms with Crippen LogP contribution in [0, 0.1) is 0 Å². The number of nitrogen functional groups attached to an aromatic ring is 1. The molecule has 4 heteroatoms. The fraction of sp³-hybridized carbons (Fsp3) is 0.286. The van der Waals surface area contributed by atoms with Crippen LogP contribution in [0.2, 0.25) is 0 Å². The highest BCUT2D eigenvalue weighted by Gasteiger charge is 2.17. The van der Waals surface area contributed by atoms with E-state index in [1.54, 1.807) is 0 Å². The van der Waals surface area contributed by atoms with Crippen LogP contribution in [0.1, 0.15) is 12.8 Å². The van der Waals surface area contributed by atoms with Gasteiger partial charge in [0.25, 0.3) is 0 Å². The van der Waals surface area contributed by atoms with Gasteiger partial charge in [0.1, 0.15) is 11.2 Å². The minimum atomic E-state index is 0.442. The predicted octanol–water partition coefficient (Wildman–Crippen LogP) is 3.36. The monoisotopic (exact) mass is 242 g/mol. The van der Waals surface area contributed by atoms with Crippen molar-refractivity contribution in [1.82, 2.24) is 0 Å². The highest BCUT2D eigenvalue weighted by molar-refractivity contribution is 5.95. The van der Waals surface area contributed by atoms with Crippen molar-refractivity contribution < 1.29 is 8.83 Å². The Labute approximate surface area is 104 Å². The highest BCUT2D eigenvalue weighted by atomic mass is 16.4. The van der Waals surface area contributed by atoms with E-state index in [2.05, 4.69) is 11.0 Å². The maximum absolute atomic E-state index is 5.91. The Morgan fingerprint density at radius 3 is 2.33 bits per heavy atom. The van der Waals surface area contributed by atoms with Crippen LogP contribution in [-0.2, 0) is 0 Å². The third-order valence-corrected chi connectivity index (χ3v) is 3.58. The standard InChI is InChI=1S/C14H14N2O2/c15-13-7-9-5-12-10(6-11(9)17-13)8-14(18-12)16-3-1-2-4-16/h5-8H,1-4,15H2. The second-order valence-electron chi connectivity index (χ2n) is 4.86. The number of benzene rings is 1. The van der Waals surface area contributed by atoms with Crippen LogP contribution in [0.5, 0.6) is 0 Å². The average molecular weight is 242 g/mol. The van der Waals surface area contributed by atoms with E-state index in [0.29, 0.717) is 5.88 Å². The van der Waals surface area contributed by atoms with Crippen molar-refractivity contribution in [3.63, 3.8) is 0 Å². The van der Waals surface area contributed by atoms with Crippen molar-refractivity contribution in [3.05, 3.63) is 24.3 Å². The Hall–Kier alpha value is -2.10. The number of fused-ring (bicyclic) bond motifs is 2. The molecule has 0 radical (unpaired) electrons. The first kappa shape index (κ1) is 9.88. The van der Waals surface area contributed by atoms with Crippen molar-refractivity contribution in [2.45, 2.75) is 12.8 Å². The number of hydrogen-bond acceptors (Lipinski definition) is 4. The van der Waals surface area contributed by atoms with Gasteiger partial charge >= 0.3 is 0 Å². The zero-order valence-corrected chi connectivity index (χ0v) is 9.98. The molecule has 18 heavy (non-hydrogen) atoms. The van der Waals surface area contributed by atoms with E-state index in [-0.39, 0.29) is 0 Å². The van der Waals surface area contributed by atoms with E-state index in [1.807, 2.05) is 18.2 Å². The lowest BCUT2D eigenvalue weighted by molar-refractivity contribution is 0.599. The molecule has 3 heterocycles. The molecule has 92 valence electrons. The normalized spacial score (nSPS) is 16.1. The smallest absolute Gasteiger partial charge is 0.196 e. The summed E-state index contributed by atoms with van der Waals surface area (Å²) in [6, 6.07) is 7.89. The second kappa shape index (κ2) is 3.45. The van der Waals surface area contributed by atoms with Gasteiger partial charge in [0, 0.05) is 36.0 Å². The molecule has 2 N–H and O–H groups in total. The van der Waals surface area contributed by atoms with Gasteiger partial charge in [-0.05, 0) is 25.0 Å². The summed E-state index contributed by atoms with van der Waals surface area (Å²) in [4.78, 5) is 2.29. The molecular weight excluding hydrogens is 228 g/mol. The van der Waals surface area contributed by atoms with Crippen LogP contribution in [0.3, 0.4) is 0 Å². The summed E-state index contributed by atoms with van der Waals surface area (Å²) in [6.07, 6.45) is 2.49. The zero-order chi connectivity index (χ0) is 12.1. The SMILES string of the molecule is Nc1cc2cc3oc(N4CCCC4)cc3cc2o1. The molecule has 0 bridgehead atoms. The zero-order valence-electron chi connectivity index (χ0n) is 9.98. The van der Waals surface area contributed by atoms with Gasteiger partial charge in [-0.15, -0.1) is 0 Å². The van der Waals surface area contributed by atoms with E-state index >= 15 is 0 Å². The second-order valence-corrected chi connectivity index (χ2v) is 4.86. The molecule has 1 aliphatic heterocycles. The lowest BCUT2D eigenvalue weighted by Crippen LogP contribution is -2.16. The molecule has 0 amide bonds. The van der Waals surface area contributed by atoms with Crippen molar-refractivity contribution >= 4 is 33.7 Å². The molecule has 3 aromatic rings. The number of nitrogens with two attached hydrogens (primary N) is 1. The summed E-state index contributed by atoms with van der Waals surface area (Å²) in [5.74, 6) is 1.40. The van der Waals surface area contributed by atoms with Crippen LogP contribution in [0.4, 0.5) is 11.8 Å². The molecule has 0 aliphatic carbocycles. The lowest BCUT2D eigenvalue weighted by Gasteiger charge is -2.12. The van der Waals surface area contributed by atoms with Gasteiger partial charge < -0.3 is 19.5 Å². The topological polar surface area (TPSA) is 55.5 Å². The Balaban J connectivity index is 1.88. The van der Waals surface area contributed by atoms with Gasteiger partial charge in [-0.25, -0.2) is 0 Å². The summed E-state index contributed by atoms with van der Waals surface area (Å²) in [7, 11) is 0. The Bertz CT molecular complexity index is 669. The Morgan fingerprint density at radius 2 is 1.56 bits per heavy atom. The Kier molecular flexibility index (Phi) is 1.89. The first-order chi connectivity index (χ1) is 8.79. The predicted molar refractivity (Wildman–Crippen MR) is 71.8 cm³/mol. The van der Waals surface area contributed by atoms with E-state index in [1.165, 1.54) is 12.8 Å². The van der Waals surface area contributed by atoms with Crippen LogP contribution >= 0.6 is 0 Å². The molecule has 4 nitrogen and oxygen atoms in total. The quantitative estimate of drug-likeness (QED) is 0.710. The molecule has 1 aromatic carbocycles. The van der Waals surface area contributed by atoms with Gasteiger partial charge in [0.2, 0.25) is 0 Å². The van der Waals surface area contributed by atoms with E-state index in [0.717, 1.165) is 40.9 Å². The molecule has 0 unspecified atom stereocenters. The molecule has 2 aromatic heterocycles. The van der Waals surface area contributed by atoms with E-state index < -0.39 is 0 Å². The molecule has 0 atom stereocenters. The van der Waals surface area contributed by atoms with Crippen LogP contribution in [-0.4, -0.2) is 13.1 Å². The Morgan fingerprint density at radius 1 is 0.889 bits per heavy atom. The minimum absolute atomic E-state index is 0.442. The summed E-state index contributed by atoms with van der Waals surface area (Å²) in [5.41, 5.74) is 7.35. The lowest BCUT2D eigenvalue weighted by atomic mass is 10.2. The molecular formula is C14H14N2O2. The van der Waals surface area contributed by atoms with Crippen molar-refractivity contribution in [2.75, 3.05) is 23.7 Å². The summed E-state index contributed by atoms with van der Waals surface area (Å²) >= 11 is 0. The van der Waals surface area contributed by atoms with Crippen LogP contribution < -0.4 is 10.6 Å². The molecule has 0 saturated carbocycles. The van der Waals surface area contributed by atoms with Crippen molar-refractivity contribution in [3.8, 4) is 0 Å². The third kappa shape index (κ3) is 1.38. The van der Waals surface area contributed by atoms with Gasteiger partial charge in [-0.1, -0.05) is 0 Å². The van der Waals surface area contributed by atoms with Crippen LogP contribution in [0.25, 0.3) is 21.9 Å². The molecule has 0 spiro atoms. The minimum Gasteiger partial charge on any atom is -0.441 e. The first-order valence-electron chi connectivity index (χ1n) is 6.27. The summed E-state index contributed by atoms with van der Waals surface area (Å²) < 4.78 is 11.3. The van der Waals surface area contributed by atoms with E-state index in [4.69, 9.17) is 14.6 Å². The number of rotatable bonds is 1. The maximum Gasteiger partial charge on any atom is 0.196 e. The largest absolute Gasteiger partial charge is 0.441 e. The molecule has 4 rings (SSSR count). The molecule has 1 saturated heterocycles. The number of hydrogen-bond donors (Lipinski definition) is 1. The number of furan rings is 2. The number of anilines is 2. The summed E-state index contributed by atoms with van der Waals surface area (Å²) in [6.45, 7) is 2.17. The fourth-order valence-corrected chi connectivity index (χ4v) is 2.67. The van der Waals surface area contributed by atoms with Gasteiger partial charge in [-0.3, -0.25) is 0 Å². The first-order valence-corrected chi connectivity index (χ1v) is 6.27. The van der Waals surface area contributed by atoms with Crippen LogP contribution in [0.15, 0.2) is 33.1 Å². The third-order valence-electron chi connectivity index (χ3n) is 3.58. The molecule has 1 fully saturated rings. The average Bonchev–Trinajstić information content (AvgIpc) is 3.02. The highest BCUT2D eigenvalue weighted by Crippen LogP contribution is 2.32. The molecule has 1 aliphatic rings. The number of nitrogens with zero attached hydrogens (tertiary/aromatic N) is 1. The van der Waals surface area contributed by atoms with Crippen molar-refractivity contribution in [2.24, 2.45) is 0 Å². The fourth-order valence-electron chi connectivity index (χ4n) is 2.67. The summed E-state index contributed by atoms with van der Waals surface area (Å²) in [5, 5.41) is 2.06. The van der Waals surface area contributed by atoms with Crippen molar-refractivity contribution in [1.29, 1.82) is 0 Å². The van der Waals surface area contributed by atoms with Gasteiger partial charge in [0.15, 0.2) is 11.8 Å². The maximum atomic E-state index is 5.91. The van der Waals surface area contributed by atoms with Gasteiger partial charge in [-0.2, -0.15) is 0 Å². The van der Waals surface area contributed by atoms with E-state index in [9.17, 15) is 0 Å².